The number of hydrogen-bond donors (Lipinski definition) is 1. The first-order chi connectivity index (χ1) is 8.88. The van der Waals surface area contributed by atoms with E-state index in [0.717, 1.165) is 12.8 Å². The molecule has 1 aromatic rings. The summed E-state index contributed by atoms with van der Waals surface area (Å²) in [5, 5.41) is 4.98. The van der Waals surface area contributed by atoms with E-state index < -0.39 is 10.0 Å². The van der Waals surface area contributed by atoms with Gasteiger partial charge in [0.25, 0.3) is 5.91 Å². The van der Waals surface area contributed by atoms with Crippen molar-refractivity contribution in [2.24, 2.45) is 5.14 Å². The van der Waals surface area contributed by atoms with Gasteiger partial charge in [-0.05, 0) is 37.1 Å². The molecular formula is C12H16N2O4S. The van der Waals surface area contributed by atoms with Crippen LogP contribution < -0.4 is 9.88 Å². The topological polar surface area (TPSA) is 89.7 Å². The van der Waals surface area contributed by atoms with Crippen molar-refractivity contribution in [3.8, 4) is 5.75 Å². The Kier molecular flexibility index (Phi) is 3.77. The number of nitrogens with zero attached hydrogens (tertiary/aromatic N) is 1. The molecule has 1 amide bonds. The number of hydrogen-bond acceptors (Lipinski definition) is 4. The molecule has 1 saturated carbocycles. The van der Waals surface area contributed by atoms with Crippen LogP contribution in [0.15, 0.2) is 29.2 Å². The maximum Gasteiger partial charge on any atom is 0.260 e. The molecule has 0 bridgehead atoms. The number of amides is 1. The van der Waals surface area contributed by atoms with E-state index >= 15 is 0 Å². The quantitative estimate of drug-likeness (QED) is 0.844. The van der Waals surface area contributed by atoms with Crippen molar-refractivity contribution in [2.75, 3.05) is 13.7 Å². The lowest BCUT2D eigenvalue weighted by Crippen LogP contribution is -2.33. The van der Waals surface area contributed by atoms with Crippen LogP contribution >= 0.6 is 0 Å². The minimum absolute atomic E-state index is 0.0151. The average Bonchev–Trinajstić information content (AvgIpc) is 3.18. The molecule has 1 aliphatic rings. The second kappa shape index (κ2) is 5.18. The van der Waals surface area contributed by atoms with Crippen LogP contribution in [0.3, 0.4) is 0 Å². The third kappa shape index (κ3) is 3.68. The van der Waals surface area contributed by atoms with E-state index in [4.69, 9.17) is 9.88 Å². The summed E-state index contributed by atoms with van der Waals surface area (Å²) in [7, 11) is -1.94. The fourth-order valence-electron chi connectivity index (χ4n) is 1.64. The molecule has 1 aromatic carbocycles. The molecule has 19 heavy (non-hydrogen) atoms. The highest BCUT2D eigenvalue weighted by molar-refractivity contribution is 7.89. The normalized spacial score (nSPS) is 15.1. The van der Waals surface area contributed by atoms with Crippen molar-refractivity contribution < 1.29 is 17.9 Å². The third-order valence-electron chi connectivity index (χ3n) is 3.00. The summed E-state index contributed by atoms with van der Waals surface area (Å²) in [6.07, 6.45) is 2.09. The molecule has 0 atom stereocenters. The molecule has 0 heterocycles. The van der Waals surface area contributed by atoms with Gasteiger partial charge in [0, 0.05) is 13.1 Å². The smallest absolute Gasteiger partial charge is 0.260 e. The van der Waals surface area contributed by atoms with Gasteiger partial charge in [-0.1, -0.05) is 0 Å². The lowest BCUT2D eigenvalue weighted by molar-refractivity contribution is -0.132. The highest BCUT2D eigenvalue weighted by Gasteiger charge is 2.29. The molecule has 0 aliphatic heterocycles. The maximum absolute atomic E-state index is 11.7. The highest BCUT2D eigenvalue weighted by Crippen LogP contribution is 2.25. The SMILES string of the molecule is CN(C(=O)COc1ccc(S(N)(=O)=O)cc1)C1CC1. The Labute approximate surface area is 112 Å². The third-order valence-corrected chi connectivity index (χ3v) is 3.93. The van der Waals surface area contributed by atoms with Gasteiger partial charge in [0.2, 0.25) is 10.0 Å². The van der Waals surface area contributed by atoms with E-state index in [1.165, 1.54) is 24.3 Å². The van der Waals surface area contributed by atoms with Crippen LogP contribution in [-0.4, -0.2) is 38.9 Å². The largest absolute Gasteiger partial charge is 0.484 e. The van der Waals surface area contributed by atoms with Gasteiger partial charge in [-0.15, -0.1) is 0 Å². The maximum atomic E-state index is 11.7. The number of rotatable bonds is 5. The van der Waals surface area contributed by atoms with Gasteiger partial charge < -0.3 is 9.64 Å². The Bertz CT molecular complexity index is 564. The lowest BCUT2D eigenvalue weighted by atomic mass is 10.3. The molecule has 2 rings (SSSR count). The molecule has 104 valence electrons. The summed E-state index contributed by atoms with van der Waals surface area (Å²) in [6, 6.07) is 5.99. The minimum atomic E-state index is -3.70. The van der Waals surface area contributed by atoms with Crippen LogP contribution in [0.2, 0.25) is 0 Å². The van der Waals surface area contributed by atoms with E-state index in [9.17, 15) is 13.2 Å². The zero-order valence-corrected chi connectivity index (χ0v) is 11.4. The number of sulfonamides is 1. The molecular weight excluding hydrogens is 268 g/mol. The van der Waals surface area contributed by atoms with Crippen LogP contribution in [0.5, 0.6) is 5.75 Å². The van der Waals surface area contributed by atoms with Crippen LogP contribution in [0.4, 0.5) is 0 Å². The van der Waals surface area contributed by atoms with Crippen molar-refractivity contribution in [3.05, 3.63) is 24.3 Å². The van der Waals surface area contributed by atoms with Crippen LogP contribution in [0.25, 0.3) is 0 Å². The fraction of sp³-hybridized carbons (Fsp3) is 0.417. The zero-order valence-electron chi connectivity index (χ0n) is 10.6. The molecule has 1 aliphatic carbocycles. The number of likely N-dealkylation sites (N-methyl/N-ethyl adjacent to an activating group) is 1. The Balaban J connectivity index is 1.91. The van der Waals surface area contributed by atoms with Gasteiger partial charge in [0.1, 0.15) is 5.75 Å². The predicted octanol–water partition coefficient (Wildman–Crippen LogP) is 0.334. The Hall–Kier alpha value is -1.60. The highest BCUT2D eigenvalue weighted by atomic mass is 32.2. The van der Waals surface area contributed by atoms with Crippen molar-refractivity contribution in [3.63, 3.8) is 0 Å². The Morgan fingerprint density at radius 1 is 1.37 bits per heavy atom. The predicted molar refractivity (Wildman–Crippen MR) is 69.1 cm³/mol. The minimum Gasteiger partial charge on any atom is -0.484 e. The van der Waals surface area contributed by atoms with Crippen molar-refractivity contribution >= 4 is 15.9 Å². The second-order valence-electron chi connectivity index (χ2n) is 4.54. The summed E-state index contributed by atoms with van der Waals surface area (Å²) < 4.78 is 27.4. The summed E-state index contributed by atoms with van der Waals surface area (Å²) in [5.41, 5.74) is 0. The van der Waals surface area contributed by atoms with Gasteiger partial charge in [0.05, 0.1) is 4.90 Å². The summed E-state index contributed by atoms with van der Waals surface area (Å²) in [6.45, 7) is -0.0538. The van der Waals surface area contributed by atoms with E-state index in [2.05, 4.69) is 0 Å². The van der Waals surface area contributed by atoms with Crippen LogP contribution in [-0.2, 0) is 14.8 Å². The lowest BCUT2D eigenvalue weighted by Gasteiger charge is -2.16. The van der Waals surface area contributed by atoms with E-state index in [1.54, 1.807) is 11.9 Å². The Morgan fingerprint density at radius 3 is 2.42 bits per heavy atom. The molecule has 7 heteroatoms. The number of benzene rings is 1. The average molecular weight is 284 g/mol. The van der Waals surface area contributed by atoms with Crippen molar-refractivity contribution in [1.29, 1.82) is 0 Å². The molecule has 0 spiro atoms. The number of primary sulfonamides is 1. The van der Waals surface area contributed by atoms with Crippen LogP contribution in [0.1, 0.15) is 12.8 Å². The Morgan fingerprint density at radius 2 is 1.95 bits per heavy atom. The molecule has 0 unspecified atom stereocenters. The summed E-state index contributed by atoms with van der Waals surface area (Å²) in [5.74, 6) is 0.350. The van der Waals surface area contributed by atoms with E-state index in [1.807, 2.05) is 0 Å². The molecule has 2 N–H and O–H groups in total. The van der Waals surface area contributed by atoms with Gasteiger partial charge in [-0.2, -0.15) is 0 Å². The first-order valence-corrected chi connectivity index (χ1v) is 7.44. The number of carbonyl (C=O) groups is 1. The molecule has 0 saturated heterocycles. The summed E-state index contributed by atoms with van der Waals surface area (Å²) in [4.78, 5) is 13.4. The van der Waals surface area contributed by atoms with Crippen molar-refractivity contribution in [1.82, 2.24) is 4.90 Å². The number of nitrogens with two attached hydrogens (primary N) is 1. The molecule has 1 fully saturated rings. The van der Waals surface area contributed by atoms with Gasteiger partial charge in [0.15, 0.2) is 6.61 Å². The molecule has 6 nitrogen and oxygen atoms in total. The molecule has 0 radical (unpaired) electrons. The fourth-order valence-corrected chi connectivity index (χ4v) is 2.15. The second-order valence-corrected chi connectivity index (χ2v) is 6.10. The number of carbonyl (C=O) groups excluding carboxylic acids is 1. The van der Waals surface area contributed by atoms with E-state index in [-0.39, 0.29) is 17.4 Å². The first-order valence-electron chi connectivity index (χ1n) is 5.89. The first kappa shape index (κ1) is 13.8. The van der Waals surface area contributed by atoms with Gasteiger partial charge >= 0.3 is 0 Å². The zero-order chi connectivity index (χ0) is 14.0. The van der Waals surface area contributed by atoms with Gasteiger partial charge in [-0.25, -0.2) is 13.6 Å². The van der Waals surface area contributed by atoms with Crippen LogP contribution in [0, 0.1) is 0 Å². The molecule has 0 aromatic heterocycles. The van der Waals surface area contributed by atoms with Gasteiger partial charge in [-0.3, -0.25) is 4.79 Å². The van der Waals surface area contributed by atoms with E-state index in [0.29, 0.717) is 11.8 Å². The number of ether oxygens (including phenoxy) is 1. The summed E-state index contributed by atoms with van der Waals surface area (Å²) >= 11 is 0. The standard InChI is InChI=1S/C12H16N2O4S/c1-14(9-2-3-9)12(15)8-18-10-4-6-11(7-5-10)19(13,16)17/h4-7,9H,2-3,8H2,1H3,(H2,13,16,17). The monoisotopic (exact) mass is 284 g/mol. The van der Waals surface area contributed by atoms with Crippen molar-refractivity contribution in [2.45, 2.75) is 23.8 Å².